The van der Waals surface area contributed by atoms with E-state index in [9.17, 15) is 5.11 Å². The zero-order valence-electron chi connectivity index (χ0n) is 9.65. The molecule has 0 radical (unpaired) electrons. The maximum absolute atomic E-state index is 9.79. The molecule has 0 aliphatic rings. The number of benzene rings is 2. The zero-order chi connectivity index (χ0) is 13.0. The molecule has 0 spiro atoms. The van der Waals surface area contributed by atoms with Crippen molar-refractivity contribution in [2.45, 2.75) is 12.9 Å². The van der Waals surface area contributed by atoms with Crippen LogP contribution < -0.4 is 4.74 Å². The summed E-state index contributed by atoms with van der Waals surface area (Å²) in [6.07, 6.45) is -1.72. The second-order valence-corrected chi connectivity index (χ2v) is 3.84. The predicted octanol–water partition coefficient (Wildman–Crippen LogP) is 1.95. The normalized spacial score (nSPS) is 10.6. The predicted molar refractivity (Wildman–Crippen MR) is 66.1 cm³/mol. The number of phenolic OH excluding ortho intramolecular Hbond substituents is 1. The second-order valence-electron chi connectivity index (χ2n) is 3.84. The van der Waals surface area contributed by atoms with Crippen LogP contribution in [0, 0.1) is 0 Å². The van der Waals surface area contributed by atoms with Crippen LogP contribution in [0.4, 0.5) is 0 Å². The molecular formula is C14H14O4. The van der Waals surface area contributed by atoms with Gasteiger partial charge in [0.2, 0.25) is 0 Å². The van der Waals surface area contributed by atoms with Gasteiger partial charge in [-0.15, -0.1) is 0 Å². The van der Waals surface area contributed by atoms with Crippen molar-refractivity contribution in [3.05, 3.63) is 59.7 Å². The van der Waals surface area contributed by atoms with Gasteiger partial charge in [0.1, 0.15) is 6.61 Å². The molecular weight excluding hydrogens is 232 g/mol. The highest BCUT2D eigenvalue weighted by molar-refractivity contribution is 5.45. The largest absolute Gasteiger partial charge is 0.504 e. The van der Waals surface area contributed by atoms with E-state index in [0.717, 1.165) is 5.56 Å². The summed E-state index contributed by atoms with van der Waals surface area (Å²) in [6, 6.07) is 14.1. The first-order valence-corrected chi connectivity index (χ1v) is 5.53. The Morgan fingerprint density at radius 1 is 0.944 bits per heavy atom. The fraction of sp³-hybridized carbons (Fsp3) is 0.143. The average molecular weight is 246 g/mol. The molecule has 0 aliphatic heterocycles. The zero-order valence-corrected chi connectivity index (χ0v) is 9.65. The lowest BCUT2D eigenvalue weighted by Crippen LogP contribution is -1.99. The summed E-state index contributed by atoms with van der Waals surface area (Å²) in [6.45, 7) is 0.305. The number of para-hydroxylation sites is 1. The van der Waals surface area contributed by atoms with E-state index >= 15 is 0 Å². The highest BCUT2D eigenvalue weighted by atomic mass is 16.5. The summed E-state index contributed by atoms with van der Waals surface area (Å²) in [4.78, 5) is 0. The number of phenols is 1. The van der Waals surface area contributed by atoms with Gasteiger partial charge in [0.25, 0.3) is 0 Å². The van der Waals surface area contributed by atoms with Crippen molar-refractivity contribution < 1.29 is 20.1 Å². The number of ether oxygens (including phenoxy) is 1. The molecule has 0 unspecified atom stereocenters. The smallest absolute Gasteiger partial charge is 0.182 e. The molecule has 0 amide bonds. The number of aromatic hydroxyl groups is 1. The number of hydrogen-bond acceptors (Lipinski definition) is 4. The molecule has 18 heavy (non-hydrogen) atoms. The van der Waals surface area contributed by atoms with Gasteiger partial charge in [0.05, 0.1) is 5.56 Å². The lowest BCUT2D eigenvalue weighted by Gasteiger charge is -2.12. The highest BCUT2D eigenvalue weighted by Crippen LogP contribution is 2.33. The van der Waals surface area contributed by atoms with Gasteiger partial charge in [0, 0.05) is 0 Å². The van der Waals surface area contributed by atoms with E-state index in [1.807, 2.05) is 30.3 Å². The summed E-state index contributed by atoms with van der Waals surface area (Å²) in [5.41, 5.74) is 0.993. The molecule has 0 fully saturated rings. The van der Waals surface area contributed by atoms with E-state index < -0.39 is 6.29 Å². The van der Waals surface area contributed by atoms with Gasteiger partial charge < -0.3 is 20.1 Å². The Morgan fingerprint density at radius 2 is 1.67 bits per heavy atom. The average Bonchev–Trinajstić information content (AvgIpc) is 2.38. The first kappa shape index (κ1) is 12.4. The van der Waals surface area contributed by atoms with Crippen molar-refractivity contribution in [2.24, 2.45) is 0 Å². The fourth-order valence-electron chi connectivity index (χ4n) is 1.60. The van der Waals surface area contributed by atoms with Crippen LogP contribution in [0.2, 0.25) is 0 Å². The van der Waals surface area contributed by atoms with Crippen LogP contribution in [0.25, 0.3) is 0 Å². The third-order valence-corrected chi connectivity index (χ3v) is 2.55. The Kier molecular flexibility index (Phi) is 3.82. The van der Waals surface area contributed by atoms with Crippen molar-refractivity contribution in [3.63, 3.8) is 0 Å². The van der Waals surface area contributed by atoms with Crippen LogP contribution in [0.3, 0.4) is 0 Å². The summed E-state index contributed by atoms with van der Waals surface area (Å²) in [7, 11) is 0. The first-order valence-electron chi connectivity index (χ1n) is 5.53. The lowest BCUT2D eigenvalue weighted by atomic mass is 10.2. The van der Waals surface area contributed by atoms with Gasteiger partial charge in [-0.1, -0.05) is 36.4 Å². The molecule has 4 heteroatoms. The van der Waals surface area contributed by atoms with Crippen LogP contribution in [-0.4, -0.2) is 15.3 Å². The van der Waals surface area contributed by atoms with Crippen LogP contribution in [0.15, 0.2) is 48.5 Å². The minimum atomic E-state index is -1.72. The van der Waals surface area contributed by atoms with Crippen LogP contribution in [0.1, 0.15) is 17.4 Å². The second kappa shape index (κ2) is 5.53. The van der Waals surface area contributed by atoms with Crippen molar-refractivity contribution in [1.82, 2.24) is 0 Å². The topological polar surface area (TPSA) is 69.9 Å². The summed E-state index contributed by atoms with van der Waals surface area (Å²) < 4.78 is 5.44. The third kappa shape index (κ3) is 2.80. The lowest BCUT2D eigenvalue weighted by molar-refractivity contribution is -0.0441. The van der Waals surface area contributed by atoms with Crippen molar-refractivity contribution in [1.29, 1.82) is 0 Å². The molecule has 3 N–H and O–H groups in total. The number of aliphatic hydroxyl groups is 2. The number of rotatable bonds is 4. The maximum atomic E-state index is 9.79. The Bertz CT molecular complexity index is 508. The Balaban J connectivity index is 2.13. The highest BCUT2D eigenvalue weighted by Gasteiger charge is 2.13. The molecule has 2 aromatic rings. The number of hydrogen-bond donors (Lipinski definition) is 3. The summed E-state index contributed by atoms with van der Waals surface area (Å²) >= 11 is 0. The quantitative estimate of drug-likeness (QED) is 0.721. The van der Waals surface area contributed by atoms with E-state index in [1.165, 1.54) is 6.07 Å². The number of aliphatic hydroxyl groups excluding tert-OH is 1. The molecule has 2 aromatic carbocycles. The molecule has 0 aromatic heterocycles. The van der Waals surface area contributed by atoms with E-state index in [0.29, 0.717) is 6.61 Å². The van der Waals surface area contributed by atoms with Gasteiger partial charge in [-0.3, -0.25) is 0 Å². The Hall–Kier alpha value is -2.04. The monoisotopic (exact) mass is 246 g/mol. The van der Waals surface area contributed by atoms with Gasteiger partial charge in [-0.2, -0.15) is 0 Å². The molecule has 0 bridgehead atoms. The standard InChI is InChI=1S/C14H14O4/c15-13-11(14(16)17)7-4-8-12(13)18-9-10-5-2-1-3-6-10/h1-8,14-17H,9H2. The minimum absolute atomic E-state index is 0.0283. The van der Waals surface area contributed by atoms with Crippen LogP contribution >= 0.6 is 0 Å². The Morgan fingerprint density at radius 3 is 2.33 bits per heavy atom. The van der Waals surface area contributed by atoms with E-state index in [2.05, 4.69) is 0 Å². The minimum Gasteiger partial charge on any atom is -0.504 e. The van der Waals surface area contributed by atoms with E-state index in [-0.39, 0.29) is 17.1 Å². The Labute approximate surface area is 105 Å². The molecule has 0 heterocycles. The van der Waals surface area contributed by atoms with Gasteiger partial charge in [-0.05, 0) is 17.7 Å². The van der Waals surface area contributed by atoms with Crippen LogP contribution in [-0.2, 0) is 6.61 Å². The molecule has 0 aliphatic carbocycles. The van der Waals surface area contributed by atoms with Gasteiger partial charge in [0.15, 0.2) is 17.8 Å². The molecule has 0 saturated heterocycles. The summed E-state index contributed by atoms with van der Waals surface area (Å²) in [5, 5.41) is 27.9. The third-order valence-electron chi connectivity index (χ3n) is 2.55. The molecule has 0 atom stereocenters. The maximum Gasteiger partial charge on any atom is 0.182 e. The van der Waals surface area contributed by atoms with E-state index in [4.69, 9.17) is 14.9 Å². The molecule has 0 saturated carbocycles. The van der Waals surface area contributed by atoms with Gasteiger partial charge in [-0.25, -0.2) is 0 Å². The molecule has 4 nitrogen and oxygen atoms in total. The molecule has 2 rings (SSSR count). The summed E-state index contributed by atoms with van der Waals surface area (Å²) in [5.74, 6) is -0.0205. The van der Waals surface area contributed by atoms with Crippen molar-refractivity contribution in [3.8, 4) is 11.5 Å². The SMILES string of the molecule is Oc1c(OCc2ccccc2)cccc1C(O)O. The van der Waals surface area contributed by atoms with Crippen molar-refractivity contribution in [2.75, 3.05) is 0 Å². The van der Waals surface area contributed by atoms with E-state index in [1.54, 1.807) is 12.1 Å². The fourth-order valence-corrected chi connectivity index (χ4v) is 1.60. The first-order chi connectivity index (χ1) is 8.68. The van der Waals surface area contributed by atoms with Crippen LogP contribution in [0.5, 0.6) is 11.5 Å². The van der Waals surface area contributed by atoms with Gasteiger partial charge >= 0.3 is 0 Å². The van der Waals surface area contributed by atoms with Crippen molar-refractivity contribution >= 4 is 0 Å². The molecule has 94 valence electrons.